The Kier molecular flexibility index (Phi) is 31.9. The average molecular weight is 1420 g/mol. The molecular weight excluding hydrogens is 1330 g/mol. The standard InChI is InChI=1S/C26H28N2O6S.C24H25BrN2O5S.C4H7O.3C4H9.2CH4.Sn/c1-17(29)19-11-14-23(24(16-19)35(31,32)28-25(30)27-26(2,3)4)34-22-8-6-7-20(15-22)18-9-12-21(33-5)13-10-18;1-24(2,3)26-23(28)27-33(29,30)22-15-18(25)10-13-21(22)32-20-7-5-6-17(14-20)16-8-11-19(31-4)12-9-16;1-3-5-4-2;3*1-3-4-2;;;/h6-16H,1-5H3,(H2,27,28,30);5-15H,1-4H3,(H2,26,27,28);1,4H2,2H3;3*1,3-4H2,2H3;2*1H4;. The summed E-state index contributed by atoms with van der Waals surface area (Å²) in [6.45, 7) is 25.9. The molecule has 0 saturated carbocycles. The third kappa shape index (κ3) is 25.1. The predicted molar refractivity (Wildman–Crippen MR) is 364 cm³/mol. The molecule has 0 spiro atoms. The number of nitrogens with one attached hydrogen (secondary N) is 4. The van der Waals surface area contributed by atoms with Crippen LogP contribution < -0.4 is 39.0 Å². The van der Waals surface area contributed by atoms with E-state index in [4.69, 9.17) is 23.7 Å². The first-order valence-corrected chi connectivity index (χ1v) is 40.1. The van der Waals surface area contributed by atoms with Crippen LogP contribution in [0.3, 0.4) is 0 Å². The van der Waals surface area contributed by atoms with Gasteiger partial charge in [-0.25, -0.2) is 35.9 Å². The molecule has 6 rings (SSSR count). The Morgan fingerprint density at radius 3 is 1.26 bits per heavy atom. The van der Waals surface area contributed by atoms with Crippen LogP contribution in [0.4, 0.5) is 9.59 Å². The molecule has 4 amide bonds. The summed E-state index contributed by atoms with van der Waals surface area (Å²) in [6.07, 6.45) is 8.10. The van der Waals surface area contributed by atoms with Crippen molar-refractivity contribution in [2.45, 2.75) is 164 Å². The van der Waals surface area contributed by atoms with Gasteiger partial charge in [-0.3, -0.25) is 4.79 Å². The first-order chi connectivity index (χ1) is 40.5. The summed E-state index contributed by atoms with van der Waals surface area (Å²) in [5, 5.41) is 5.11. The molecular formula is C68H95BrN4O12S2Sn. The van der Waals surface area contributed by atoms with Gasteiger partial charge in [0, 0.05) is 21.1 Å². The molecule has 0 saturated heterocycles. The van der Waals surface area contributed by atoms with Crippen molar-refractivity contribution in [2.75, 3.05) is 20.8 Å². The fraction of sp³-hybridized carbons (Fsp3) is 0.397. The van der Waals surface area contributed by atoms with Crippen molar-refractivity contribution >= 4 is 72.2 Å². The second-order valence-electron chi connectivity index (χ2n) is 22.6. The number of halogens is 1. The van der Waals surface area contributed by atoms with E-state index in [1.54, 1.807) is 92.2 Å². The van der Waals surface area contributed by atoms with Gasteiger partial charge < -0.3 is 29.6 Å². The van der Waals surface area contributed by atoms with Gasteiger partial charge in [0.1, 0.15) is 44.3 Å². The summed E-state index contributed by atoms with van der Waals surface area (Å²) in [5.74, 6) is 2.03. The van der Waals surface area contributed by atoms with Gasteiger partial charge in [-0.05, 0) is 156 Å². The van der Waals surface area contributed by atoms with Crippen LogP contribution in [0, 0.1) is 0 Å². The van der Waals surface area contributed by atoms with Gasteiger partial charge in [0.15, 0.2) is 5.78 Å². The summed E-state index contributed by atoms with van der Waals surface area (Å²) in [7, 11) is -5.37. The van der Waals surface area contributed by atoms with Crippen molar-refractivity contribution in [2.24, 2.45) is 0 Å². The third-order valence-electron chi connectivity index (χ3n) is 13.2. The summed E-state index contributed by atoms with van der Waals surface area (Å²) in [4.78, 5) is 35.9. The Bertz CT molecular complexity index is 3420. The van der Waals surface area contributed by atoms with Crippen LogP contribution in [0.25, 0.3) is 22.3 Å². The summed E-state index contributed by atoms with van der Waals surface area (Å²) in [6, 6.07) is 36.3. The molecule has 0 unspecified atom stereocenters. The van der Waals surface area contributed by atoms with Crippen molar-refractivity contribution in [3.8, 4) is 56.8 Å². The Morgan fingerprint density at radius 2 is 0.909 bits per heavy atom. The molecule has 0 radical (unpaired) electrons. The Balaban J connectivity index is 0.000000468. The summed E-state index contributed by atoms with van der Waals surface area (Å²) >= 11 is 1.04. The molecule has 88 heavy (non-hydrogen) atoms. The van der Waals surface area contributed by atoms with Crippen LogP contribution in [0.15, 0.2) is 158 Å². The number of amides is 4. The minimum absolute atomic E-state index is 0. The van der Waals surface area contributed by atoms with E-state index in [1.165, 1.54) is 92.9 Å². The van der Waals surface area contributed by atoms with Crippen molar-refractivity contribution in [1.82, 2.24) is 20.1 Å². The first-order valence-electron chi connectivity index (χ1n) is 28.8. The van der Waals surface area contributed by atoms with Crippen LogP contribution >= 0.6 is 15.9 Å². The molecule has 4 N–H and O–H groups in total. The quantitative estimate of drug-likeness (QED) is 0.0239. The van der Waals surface area contributed by atoms with Crippen LogP contribution in [0.5, 0.6) is 34.5 Å². The van der Waals surface area contributed by atoms with Gasteiger partial charge in [-0.2, -0.15) is 0 Å². The van der Waals surface area contributed by atoms with E-state index in [-0.39, 0.29) is 47.5 Å². The van der Waals surface area contributed by atoms with Crippen molar-refractivity contribution in [3.05, 3.63) is 154 Å². The largest absolute Gasteiger partial charge is 0.497 e. The monoisotopic (exact) mass is 1420 g/mol. The number of ether oxygens (including phenoxy) is 5. The zero-order chi connectivity index (χ0) is 63.9. The second kappa shape index (κ2) is 36.2. The number of sulfonamides is 2. The predicted octanol–water partition coefficient (Wildman–Crippen LogP) is 18.0. The maximum atomic E-state index is 13.1. The molecule has 0 aliphatic carbocycles. The molecule has 16 nitrogen and oxygen atoms in total. The minimum Gasteiger partial charge on any atom is -0.497 e. The van der Waals surface area contributed by atoms with Crippen LogP contribution in [-0.2, 0) is 24.8 Å². The number of ketones is 1. The molecule has 0 heterocycles. The van der Waals surface area contributed by atoms with E-state index in [2.05, 4.69) is 60.8 Å². The normalized spacial score (nSPS) is 11.2. The minimum atomic E-state index is -4.36. The SMILES string of the molecule is C.C.C=[C](OCC)[Sn]([CH2]CCC)([CH2]CCC)[CH2]CCC.COc1ccc(-c2cccc(Oc3ccc(Br)cc3S(=O)(=O)NC(=O)NC(C)(C)C)c2)cc1.COc1ccc(-c2cccc(Oc3ccc(C(C)=O)cc3S(=O)(=O)NC(=O)NC(C)(C)C)c2)cc1. The first kappa shape index (κ1) is 77.5. The summed E-state index contributed by atoms with van der Waals surface area (Å²) in [5.41, 5.74) is 2.51. The van der Waals surface area contributed by atoms with E-state index in [0.29, 0.717) is 16.0 Å². The van der Waals surface area contributed by atoms with Gasteiger partial charge in [0.25, 0.3) is 20.0 Å². The number of hydrogen-bond acceptors (Lipinski definition) is 12. The second-order valence-corrected chi connectivity index (χ2v) is 40.0. The molecule has 0 aliphatic rings. The molecule has 0 bridgehead atoms. The van der Waals surface area contributed by atoms with Crippen molar-refractivity contribution in [1.29, 1.82) is 0 Å². The van der Waals surface area contributed by atoms with E-state index >= 15 is 0 Å². The number of rotatable bonds is 25. The van der Waals surface area contributed by atoms with Gasteiger partial charge in [-0.1, -0.05) is 79.3 Å². The summed E-state index contributed by atoms with van der Waals surface area (Å²) < 4.78 is 90.5. The number of carbonyl (C=O) groups is 3. The smallest absolute Gasteiger partial charge is 0.329 e. The van der Waals surface area contributed by atoms with Crippen LogP contribution in [0.2, 0.25) is 13.3 Å². The van der Waals surface area contributed by atoms with Gasteiger partial charge in [-0.15, -0.1) is 0 Å². The van der Waals surface area contributed by atoms with E-state index < -0.39 is 61.6 Å². The topological polar surface area (TPSA) is 214 Å². The fourth-order valence-electron chi connectivity index (χ4n) is 8.85. The Labute approximate surface area is 538 Å². The zero-order valence-electron chi connectivity index (χ0n) is 52.1. The molecule has 0 aromatic heterocycles. The van der Waals surface area contributed by atoms with Gasteiger partial charge in [0.2, 0.25) is 0 Å². The van der Waals surface area contributed by atoms with Crippen molar-refractivity contribution in [3.63, 3.8) is 0 Å². The van der Waals surface area contributed by atoms with Crippen LogP contribution in [0.1, 0.15) is 140 Å². The number of methoxy groups -OCH3 is 2. The fourth-order valence-corrected chi connectivity index (χ4v) is 26.1. The Hall–Kier alpha value is -6.55. The van der Waals surface area contributed by atoms with E-state index in [0.717, 1.165) is 40.4 Å². The zero-order valence-corrected chi connectivity index (χ0v) is 58.1. The molecule has 6 aromatic rings. The maximum Gasteiger partial charge on any atom is 0.329 e. The number of Topliss-reactive ketones (excluding diaryl/α,β-unsaturated/α-hetero) is 1. The molecule has 0 aliphatic heterocycles. The number of benzene rings is 6. The number of unbranched alkanes of at least 4 members (excludes halogenated alkanes) is 3. The van der Waals surface area contributed by atoms with E-state index in [9.17, 15) is 31.2 Å². The average Bonchev–Trinajstić information content (AvgIpc) is 1.64. The molecule has 482 valence electrons. The number of hydrogen-bond donors (Lipinski definition) is 4. The third-order valence-corrected chi connectivity index (χ3v) is 31.4. The molecule has 0 fully saturated rings. The van der Waals surface area contributed by atoms with E-state index in [1.807, 2.05) is 76.2 Å². The van der Waals surface area contributed by atoms with Crippen molar-refractivity contribution < 1.29 is 54.9 Å². The molecule has 6 aromatic carbocycles. The van der Waals surface area contributed by atoms with Crippen LogP contribution in [-0.4, -0.2) is 85.0 Å². The molecule has 0 atom stereocenters. The molecule has 20 heteroatoms. The number of carbonyl (C=O) groups excluding carboxylic acids is 3. The Morgan fingerprint density at radius 1 is 0.523 bits per heavy atom. The van der Waals surface area contributed by atoms with Gasteiger partial charge in [0.05, 0.1) is 14.2 Å². The number of urea groups is 2. The maximum absolute atomic E-state index is 13.1. The van der Waals surface area contributed by atoms with Gasteiger partial charge >= 0.3 is 132 Å².